The van der Waals surface area contributed by atoms with Gasteiger partial charge in [-0.1, -0.05) is 22.0 Å². The molecule has 1 nitrogen and oxygen atoms in total. The lowest BCUT2D eigenvalue weighted by atomic mass is 10.0. The minimum Gasteiger partial charge on any atom is -0.324 e. The Labute approximate surface area is 75.7 Å². The van der Waals surface area contributed by atoms with Crippen LogP contribution in [0.2, 0.25) is 0 Å². The number of nitrogens with two attached hydrogens (primary N) is 1. The lowest BCUT2D eigenvalue weighted by Crippen LogP contribution is -2.06. The quantitative estimate of drug-likeness (QED) is 0.764. The van der Waals surface area contributed by atoms with E-state index in [-0.39, 0.29) is 6.04 Å². The van der Waals surface area contributed by atoms with Crippen LogP contribution in [0.25, 0.3) is 0 Å². The van der Waals surface area contributed by atoms with Gasteiger partial charge in [-0.15, -0.1) is 0 Å². The largest absolute Gasteiger partial charge is 0.324 e. The van der Waals surface area contributed by atoms with E-state index in [0.717, 1.165) is 4.47 Å². The SMILES string of the molecule is Cc1cc(Br)ccc1[C@@H](C)N. The normalized spacial score (nSPS) is 13.1. The second kappa shape index (κ2) is 3.37. The van der Waals surface area contributed by atoms with Gasteiger partial charge in [-0.3, -0.25) is 0 Å². The monoisotopic (exact) mass is 213 g/mol. The van der Waals surface area contributed by atoms with Gasteiger partial charge in [0.2, 0.25) is 0 Å². The molecule has 1 aromatic rings. The fourth-order valence-electron chi connectivity index (χ4n) is 1.15. The predicted molar refractivity (Wildman–Crippen MR) is 51.5 cm³/mol. The number of hydrogen-bond acceptors (Lipinski definition) is 1. The van der Waals surface area contributed by atoms with Crippen LogP contribution in [-0.2, 0) is 0 Å². The lowest BCUT2D eigenvalue weighted by Gasteiger charge is -2.08. The van der Waals surface area contributed by atoms with Gasteiger partial charge in [-0.05, 0) is 37.1 Å². The second-order valence-electron chi connectivity index (χ2n) is 2.79. The summed E-state index contributed by atoms with van der Waals surface area (Å²) in [6.45, 7) is 4.07. The van der Waals surface area contributed by atoms with Gasteiger partial charge < -0.3 is 5.73 Å². The zero-order valence-corrected chi connectivity index (χ0v) is 8.35. The number of hydrogen-bond donors (Lipinski definition) is 1. The summed E-state index contributed by atoms with van der Waals surface area (Å²) in [6, 6.07) is 6.29. The molecular weight excluding hydrogens is 202 g/mol. The van der Waals surface area contributed by atoms with Crippen molar-refractivity contribution in [2.24, 2.45) is 5.73 Å². The molecule has 0 amide bonds. The van der Waals surface area contributed by atoms with Gasteiger partial charge in [-0.2, -0.15) is 0 Å². The maximum absolute atomic E-state index is 5.75. The van der Waals surface area contributed by atoms with Gasteiger partial charge in [0, 0.05) is 10.5 Å². The summed E-state index contributed by atoms with van der Waals surface area (Å²) in [5.74, 6) is 0. The van der Waals surface area contributed by atoms with Gasteiger partial charge in [0.05, 0.1) is 0 Å². The van der Waals surface area contributed by atoms with Crippen LogP contribution in [0.15, 0.2) is 22.7 Å². The number of halogens is 1. The van der Waals surface area contributed by atoms with Crippen LogP contribution in [0.4, 0.5) is 0 Å². The molecular formula is C9H12BrN. The smallest absolute Gasteiger partial charge is 0.0268 e. The third kappa shape index (κ3) is 2.04. The van der Waals surface area contributed by atoms with Crippen molar-refractivity contribution in [2.75, 3.05) is 0 Å². The Morgan fingerprint density at radius 2 is 2.09 bits per heavy atom. The highest BCUT2D eigenvalue weighted by Crippen LogP contribution is 2.19. The molecule has 2 heteroatoms. The zero-order chi connectivity index (χ0) is 8.43. The topological polar surface area (TPSA) is 26.0 Å². The van der Waals surface area contributed by atoms with E-state index in [2.05, 4.69) is 35.0 Å². The molecule has 11 heavy (non-hydrogen) atoms. The summed E-state index contributed by atoms with van der Waals surface area (Å²) < 4.78 is 1.11. The lowest BCUT2D eigenvalue weighted by molar-refractivity contribution is 0.809. The second-order valence-corrected chi connectivity index (χ2v) is 3.71. The molecule has 60 valence electrons. The van der Waals surface area contributed by atoms with Crippen molar-refractivity contribution in [3.63, 3.8) is 0 Å². The Bertz CT molecular complexity index is 256. The molecule has 2 N–H and O–H groups in total. The number of aryl methyl sites for hydroxylation is 1. The van der Waals surface area contributed by atoms with Gasteiger partial charge in [0.1, 0.15) is 0 Å². The Kier molecular flexibility index (Phi) is 2.68. The average Bonchev–Trinajstić information content (AvgIpc) is 1.85. The fraction of sp³-hybridized carbons (Fsp3) is 0.333. The van der Waals surface area contributed by atoms with Gasteiger partial charge >= 0.3 is 0 Å². The highest BCUT2D eigenvalue weighted by Gasteiger charge is 2.02. The molecule has 1 aromatic carbocycles. The molecule has 0 bridgehead atoms. The van der Waals surface area contributed by atoms with Crippen LogP contribution in [0.3, 0.4) is 0 Å². The van der Waals surface area contributed by atoms with E-state index in [1.807, 2.05) is 13.0 Å². The molecule has 0 saturated heterocycles. The van der Waals surface area contributed by atoms with E-state index in [4.69, 9.17) is 5.73 Å². The molecule has 1 rings (SSSR count). The molecule has 0 heterocycles. The minimum absolute atomic E-state index is 0.128. The first-order valence-electron chi connectivity index (χ1n) is 3.63. The Morgan fingerprint density at radius 1 is 1.45 bits per heavy atom. The molecule has 0 fully saturated rings. The van der Waals surface area contributed by atoms with Crippen LogP contribution < -0.4 is 5.73 Å². The first-order chi connectivity index (χ1) is 5.11. The van der Waals surface area contributed by atoms with Crippen molar-refractivity contribution in [1.29, 1.82) is 0 Å². The van der Waals surface area contributed by atoms with Crippen molar-refractivity contribution in [1.82, 2.24) is 0 Å². The Balaban J connectivity index is 3.09. The summed E-state index contributed by atoms with van der Waals surface area (Å²) in [5, 5.41) is 0. The van der Waals surface area contributed by atoms with Crippen LogP contribution in [-0.4, -0.2) is 0 Å². The van der Waals surface area contributed by atoms with Crippen LogP contribution >= 0.6 is 15.9 Å². The first-order valence-corrected chi connectivity index (χ1v) is 4.42. The van der Waals surface area contributed by atoms with E-state index >= 15 is 0 Å². The van der Waals surface area contributed by atoms with Gasteiger partial charge in [0.25, 0.3) is 0 Å². The summed E-state index contributed by atoms with van der Waals surface area (Å²) in [7, 11) is 0. The number of rotatable bonds is 1. The summed E-state index contributed by atoms with van der Waals surface area (Å²) in [4.78, 5) is 0. The third-order valence-electron chi connectivity index (χ3n) is 1.72. The maximum atomic E-state index is 5.75. The molecule has 0 aliphatic rings. The summed E-state index contributed by atoms with van der Waals surface area (Å²) >= 11 is 3.40. The zero-order valence-electron chi connectivity index (χ0n) is 6.76. The standard InChI is InChI=1S/C9H12BrN/c1-6-5-8(10)3-4-9(6)7(2)11/h3-5,7H,11H2,1-2H3/t7-/m1/s1. The highest BCUT2D eigenvalue weighted by atomic mass is 79.9. The third-order valence-corrected chi connectivity index (χ3v) is 2.22. The first kappa shape index (κ1) is 8.75. The van der Waals surface area contributed by atoms with E-state index in [0.29, 0.717) is 0 Å². The number of benzene rings is 1. The van der Waals surface area contributed by atoms with Gasteiger partial charge in [0.15, 0.2) is 0 Å². The van der Waals surface area contributed by atoms with Crippen molar-refractivity contribution in [2.45, 2.75) is 19.9 Å². The summed E-state index contributed by atoms with van der Waals surface area (Å²) in [5.41, 5.74) is 8.21. The fourth-order valence-corrected chi connectivity index (χ4v) is 1.63. The molecule has 0 unspecified atom stereocenters. The molecule has 0 aromatic heterocycles. The predicted octanol–water partition coefficient (Wildman–Crippen LogP) is 2.78. The van der Waals surface area contributed by atoms with Gasteiger partial charge in [-0.25, -0.2) is 0 Å². The van der Waals surface area contributed by atoms with E-state index < -0.39 is 0 Å². The molecule has 0 radical (unpaired) electrons. The Hall–Kier alpha value is -0.340. The van der Waals surface area contributed by atoms with E-state index in [1.165, 1.54) is 11.1 Å². The molecule has 0 saturated carbocycles. The van der Waals surface area contributed by atoms with Crippen molar-refractivity contribution in [3.05, 3.63) is 33.8 Å². The van der Waals surface area contributed by atoms with E-state index in [1.54, 1.807) is 0 Å². The van der Waals surface area contributed by atoms with Crippen molar-refractivity contribution < 1.29 is 0 Å². The van der Waals surface area contributed by atoms with E-state index in [9.17, 15) is 0 Å². The molecule has 0 aliphatic carbocycles. The Morgan fingerprint density at radius 3 is 2.55 bits per heavy atom. The van der Waals surface area contributed by atoms with Crippen LogP contribution in [0.1, 0.15) is 24.1 Å². The van der Waals surface area contributed by atoms with Crippen LogP contribution in [0.5, 0.6) is 0 Å². The average molecular weight is 214 g/mol. The maximum Gasteiger partial charge on any atom is 0.0268 e. The van der Waals surface area contributed by atoms with Crippen molar-refractivity contribution in [3.8, 4) is 0 Å². The van der Waals surface area contributed by atoms with Crippen molar-refractivity contribution >= 4 is 15.9 Å². The summed E-state index contributed by atoms with van der Waals surface area (Å²) in [6.07, 6.45) is 0. The molecule has 1 atom stereocenters. The molecule has 0 spiro atoms. The van der Waals surface area contributed by atoms with Crippen LogP contribution in [0, 0.1) is 6.92 Å². The highest BCUT2D eigenvalue weighted by molar-refractivity contribution is 9.10. The molecule has 0 aliphatic heterocycles. The minimum atomic E-state index is 0.128.